The van der Waals surface area contributed by atoms with Crippen LogP contribution in [0.1, 0.15) is 35.0 Å². The van der Waals surface area contributed by atoms with Crippen molar-refractivity contribution in [1.29, 1.82) is 0 Å². The second kappa shape index (κ2) is 6.43. The summed E-state index contributed by atoms with van der Waals surface area (Å²) in [7, 11) is 0. The van der Waals surface area contributed by atoms with Gasteiger partial charge in [0.1, 0.15) is 0 Å². The summed E-state index contributed by atoms with van der Waals surface area (Å²) in [6, 6.07) is 5.54. The number of fused-ring (bicyclic) bond motifs is 1. The van der Waals surface area contributed by atoms with Crippen LogP contribution in [0.15, 0.2) is 18.2 Å². The van der Waals surface area contributed by atoms with E-state index in [1.165, 1.54) is 0 Å². The monoisotopic (exact) mass is 288 g/mol. The van der Waals surface area contributed by atoms with Gasteiger partial charge in [-0.15, -0.1) is 0 Å². The smallest absolute Gasteiger partial charge is 0.307 e. The van der Waals surface area contributed by atoms with Crippen molar-refractivity contribution in [1.82, 2.24) is 10.3 Å². The molecule has 0 aliphatic carbocycles. The van der Waals surface area contributed by atoms with Gasteiger partial charge in [0.2, 0.25) is 0 Å². The molecular formula is C16H20N2O3. The first-order valence-electron chi connectivity index (χ1n) is 7.05. The fraction of sp³-hybridized carbons (Fsp3) is 0.375. The molecule has 21 heavy (non-hydrogen) atoms. The van der Waals surface area contributed by atoms with E-state index < -0.39 is 0 Å². The molecule has 5 nitrogen and oxygen atoms in total. The number of carbonyl (C=O) groups is 2. The molecule has 0 saturated carbocycles. The average Bonchev–Trinajstić information content (AvgIpc) is 2.74. The number of hydrogen-bond acceptors (Lipinski definition) is 3. The molecule has 0 saturated heterocycles. The minimum atomic E-state index is -0.301. The Kier molecular flexibility index (Phi) is 4.62. The standard InChI is InChI=1S/C16H20N2O3/c1-4-21-15(19)7-8-17-16(20)12-5-6-14-13(9-12)10(2)11(3)18-14/h5-6,9,18H,4,7-8H2,1-3H3,(H,17,20). The Bertz CT molecular complexity index is 673. The molecule has 0 unspecified atom stereocenters. The summed E-state index contributed by atoms with van der Waals surface area (Å²) in [4.78, 5) is 26.6. The van der Waals surface area contributed by atoms with Crippen LogP contribution in [-0.4, -0.2) is 30.0 Å². The topological polar surface area (TPSA) is 71.2 Å². The number of amides is 1. The molecule has 1 amide bonds. The summed E-state index contributed by atoms with van der Waals surface area (Å²) in [5.74, 6) is -0.482. The molecule has 0 atom stereocenters. The van der Waals surface area contributed by atoms with E-state index in [1.807, 2.05) is 26.0 Å². The van der Waals surface area contributed by atoms with Crippen molar-refractivity contribution in [3.05, 3.63) is 35.0 Å². The Hall–Kier alpha value is -2.30. The molecule has 112 valence electrons. The largest absolute Gasteiger partial charge is 0.466 e. The van der Waals surface area contributed by atoms with Gasteiger partial charge in [-0.05, 0) is 44.5 Å². The lowest BCUT2D eigenvalue weighted by Crippen LogP contribution is -2.26. The molecule has 0 radical (unpaired) electrons. The number of hydrogen-bond donors (Lipinski definition) is 2. The van der Waals surface area contributed by atoms with Gasteiger partial charge in [-0.2, -0.15) is 0 Å². The summed E-state index contributed by atoms with van der Waals surface area (Å²) in [5.41, 5.74) is 3.86. The highest BCUT2D eigenvalue weighted by molar-refractivity contribution is 5.99. The lowest BCUT2D eigenvalue weighted by molar-refractivity contribution is -0.142. The van der Waals surface area contributed by atoms with Gasteiger partial charge >= 0.3 is 5.97 Å². The van der Waals surface area contributed by atoms with Gasteiger partial charge < -0.3 is 15.0 Å². The van der Waals surface area contributed by atoms with Gasteiger partial charge in [-0.25, -0.2) is 0 Å². The lowest BCUT2D eigenvalue weighted by Gasteiger charge is -2.05. The summed E-state index contributed by atoms with van der Waals surface area (Å²) in [6.07, 6.45) is 0.185. The van der Waals surface area contributed by atoms with Gasteiger partial charge in [0.05, 0.1) is 13.0 Å². The molecule has 0 spiro atoms. The summed E-state index contributed by atoms with van der Waals surface area (Å²) in [5, 5.41) is 3.78. The Balaban J connectivity index is 2.02. The highest BCUT2D eigenvalue weighted by atomic mass is 16.5. The number of aromatic amines is 1. The highest BCUT2D eigenvalue weighted by Gasteiger charge is 2.10. The van der Waals surface area contributed by atoms with Gasteiger partial charge in [0, 0.05) is 28.7 Å². The van der Waals surface area contributed by atoms with Crippen molar-refractivity contribution in [2.24, 2.45) is 0 Å². The van der Waals surface area contributed by atoms with Crippen molar-refractivity contribution in [2.45, 2.75) is 27.2 Å². The number of H-pyrrole nitrogens is 1. The van der Waals surface area contributed by atoms with E-state index in [-0.39, 0.29) is 24.8 Å². The van der Waals surface area contributed by atoms with E-state index >= 15 is 0 Å². The van der Waals surface area contributed by atoms with Crippen LogP contribution in [0.4, 0.5) is 0 Å². The van der Waals surface area contributed by atoms with E-state index in [2.05, 4.69) is 10.3 Å². The molecule has 0 fully saturated rings. The molecule has 2 rings (SSSR count). The fourth-order valence-corrected chi connectivity index (χ4v) is 2.22. The molecule has 1 aromatic heterocycles. The van der Waals surface area contributed by atoms with Crippen LogP contribution in [0.3, 0.4) is 0 Å². The zero-order chi connectivity index (χ0) is 15.4. The van der Waals surface area contributed by atoms with E-state index in [0.29, 0.717) is 12.2 Å². The second-order valence-electron chi connectivity index (χ2n) is 4.95. The lowest BCUT2D eigenvalue weighted by atomic mass is 10.1. The quantitative estimate of drug-likeness (QED) is 0.830. The Morgan fingerprint density at radius 1 is 1.29 bits per heavy atom. The van der Waals surface area contributed by atoms with Crippen LogP contribution in [-0.2, 0) is 9.53 Å². The van der Waals surface area contributed by atoms with Crippen LogP contribution in [0.2, 0.25) is 0 Å². The molecule has 0 bridgehead atoms. The molecule has 0 aliphatic heterocycles. The van der Waals surface area contributed by atoms with Gasteiger partial charge in [-0.1, -0.05) is 0 Å². The molecular weight excluding hydrogens is 268 g/mol. The highest BCUT2D eigenvalue weighted by Crippen LogP contribution is 2.22. The van der Waals surface area contributed by atoms with Gasteiger partial charge in [0.25, 0.3) is 5.91 Å². The zero-order valence-electron chi connectivity index (χ0n) is 12.6. The zero-order valence-corrected chi connectivity index (χ0v) is 12.6. The SMILES string of the molecule is CCOC(=O)CCNC(=O)c1ccc2[nH]c(C)c(C)c2c1. The Morgan fingerprint density at radius 3 is 2.76 bits per heavy atom. The van der Waals surface area contributed by atoms with E-state index in [1.54, 1.807) is 13.0 Å². The summed E-state index contributed by atoms with van der Waals surface area (Å²) in [6.45, 7) is 6.42. The Morgan fingerprint density at radius 2 is 2.05 bits per heavy atom. The third-order valence-corrected chi connectivity index (χ3v) is 3.49. The van der Waals surface area contributed by atoms with Crippen LogP contribution < -0.4 is 5.32 Å². The summed E-state index contributed by atoms with van der Waals surface area (Å²) < 4.78 is 4.81. The number of esters is 1. The van der Waals surface area contributed by atoms with Crippen LogP contribution >= 0.6 is 0 Å². The van der Waals surface area contributed by atoms with Crippen molar-refractivity contribution >= 4 is 22.8 Å². The van der Waals surface area contributed by atoms with Gasteiger partial charge in [0.15, 0.2) is 0 Å². The first-order chi connectivity index (χ1) is 10.0. The number of nitrogens with one attached hydrogen (secondary N) is 2. The maximum Gasteiger partial charge on any atom is 0.307 e. The number of aryl methyl sites for hydroxylation is 2. The average molecular weight is 288 g/mol. The van der Waals surface area contributed by atoms with Crippen LogP contribution in [0, 0.1) is 13.8 Å². The third kappa shape index (κ3) is 3.42. The molecule has 1 heterocycles. The minimum absolute atomic E-state index is 0.181. The van der Waals surface area contributed by atoms with Crippen molar-refractivity contribution < 1.29 is 14.3 Å². The first-order valence-corrected chi connectivity index (χ1v) is 7.05. The number of ether oxygens (including phenoxy) is 1. The predicted octanol–water partition coefficient (Wildman–Crippen LogP) is 2.47. The van der Waals surface area contributed by atoms with E-state index in [9.17, 15) is 9.59 Å². The van der Waals surface area contributed by atoms with E-state index in [0.717, 1.165) is 22.2 Å². The van der Waals surface area contributed by atoms with Gasteiger partial charge in [-0.3, -0.25) is 9.59 Å². The third-order valence-electron chi connectivity index (χ3n) is 3.49. The van der Waals surface area contributed by atoms with Crippen molar-refractivity contribution in [3.63, 3.8) is 0 Å². The molecule has 0 aliphatic rings. The van der Waals surface area contributed by atoms with Crippen LogP contribution in [0.5, 0.6) is 0 Å². The number of rotatable bonds is 5. The predicted molar refractivity (Wildman–Crippen MR) is 81.4 cm³/mol. The van der Waals surface area contributed by atoms with Crippen molar-refractivity contribution in [3.8, 4) is 0 Å². The first kappa shape index (κ1) is 15.1. The molecule has 1 aromatic carbocycles. The Labute approximate surface area is 123 Å². The van der Waals surface area contributed by atoms with E-state index in [4.69, 9.17) is 4.74 Å². The maximum absolute atomic E-state index is 12.1. The maximum atomic E-state index is 12.1. The summed E-state index contributed by atoms with van der Waals surface area (Å²) >= 11 is 0. The van der Waals surface area contributed by atoms with Crippen molar-refractivity contribution in [2.75, 3.05) is 13.2 Å². The fourth-order valence-electron chi connectivity index (χ4n) is 2.22. The second-order valence-corrected chi connectivity index (χ2v) is 4.95. The molecule has 5 heteroatoms. The number of carbonyl (C=O) groups excluding carboxylic acids is 2. The molecule has 2 N–H and O–H groups in total. The van der Waals surface area contributed by atoms with Crippen LogP contribution in [0.25, 0.3) is 10.9 Å². The normalized spacial score (nSPS) is 10.6. The molecule has 2 aromatic rings. The minimum Gasteiger partial charge on any atom is -0.466 e. The number of benzene rings is 1. The number of aromatic nitrogens is 1.